The Morgan fingerprint density at radius 1 is 0.820 bits per heavy atom. The summed E-state index contributed by atoms with van der Waals surface area (Å²) in [6, 6.07) is 15.7. The molecule has 0 atom stereocenters. The highest BCUT2D eigenvalue weighted by atomic mass is 19.1. The summed E-state index contributed by atoms with van der Waals surface area (Å²) in [5, 5.41) is 31.5. The molecular formula is C35H47FN8O6. The summed E-state index contributed by atoms with van der Waals surface area (Å²) in [5.41, 5.74) is 11.0. The molecule has 0 unspecified atom stereocenters. The number of nitrogen functional groups attached to an aromatic ring is 1. The van der Waals surface area contributed by atoms with Crippen LogP contribution < -0.4 is 11.1 Å². The van der Waals surface area contributed by atoms with Gasteiger partial charge in [0.2, 0.25) is 0 Å². The Kier molecular flexibility index (Phi) is 15.0. The number of benzene rings is 2. The van der Waals surface area contributed by atoms with Crippen molar-refractivity contribution in [1.29, 1.82) is 0 Å². The van der Waals surface area contributed by atoms with Crippen molar-refractivity contribution in [1.82, 2.24) is 29.5 Å². The molecule has 0 amide bonds. The first-order valence-electron chi connectivity index (χ1n) is 16.3. The Hall–Kier alpha value is -5.15. The number of carbonyl (C=O) groups is 3. The van der Waals surface area contributed by atoms with E-state index >= 15 is 0 Å². The number of carboxylic acid groups (broad SMARTS) is 3. The van der Waals surface area contributed by atoms with Gasteiger partial charge in [0.25, 0.3) is 17.9 Å². The van der Waals surface area contributed by atoms with E-state index in [2.05, 4.69) is 48.9 Å². The first-order valence-corrected chi connectivity index (χ1v) is 16.3. The molecule has 2 aliphatic rings. The van der Waals surface area contributed by atoms with Crippen molar-refractivity contribution in [3.8, 4) is 11.3 Å². The number of halogens is 1. The lowest BCUT2D eigenvalue weighted by Gasteiger charge is -2.41. The van der Waals surface area contributed by atoms with E-state index in [-0.39, 0.29) is 5.82 Å². The smallest absolute Gasteiger partial charge is 0.300 e. The Labute approximate surface area is 290 Å². The van der Waals surface area contributed by atoms with Gasteiger partial charge in [-0.05, 0) is 62.6 Å². The summed E-state index contributed by atoms with van der Waals surface area (Å²) >= 11 is 0. The number of rotatable bonds is 6. The van der Waals surface area contributed by atoms with E-state index in [4.69, 9.17) is 40.5 Å². The van der Waals surface area contributed by atoms with Crippen molar-refractivity contribution in [2.24, 2.45) is 0 Å². The van der Waals surface area contributed by atoms with Crippen molar-refractivity contribution >= 4 is 40.4 Å². The average Bonchev–Trinajstić information content (AvgIpc) is 3.45. The Morgan fingerprint density at radius 3 is 1.88 bits per heavy atom. The van der Waals surface area contributed by atoms with Gasteiger partial charge < -0.3 is 31.3 Å². The summed E-state index contributed by atoms with van der Waals surface area (Å²) in [4.78, 5) is 41.0. The summed E-state index contributed by atoms with van der Waals surface area (Å²) in [7, 11) is 2.21. The van der Waals surface area contributed by atoms with E-state index in [1.807, 2.05) is 12.1 Å². The van der Waals surface area contributed by atoms with E-state index in [1.54, 1.807) is 12.1 Å². The number of fused-ring (bicyclic) bond motifs is 1. The molecule has 2 aromatic carbocycles. The lowest BCUT2D eigenvalue weighted by atomic mass is 9.90. The predicted octanol–water partition coefficient (Wildman–Crippen LogP) is 4.83. The number of carboxylic acids is 3. The molecule has 14 nitrogen and oxygen atoms in total. The first-order chi connectivity index (χ1) is 23.7. The number of aromatic nitrogens is 4. The molecule has 50 heavy (non-hydrogen) atoms. The van der Waals surface area contributed by atoms with Crippen molar-refractivity contribution in [2.45, 2.75) is 65.1 Å². The molecule has 0 bridgehead atoms. The summed E-state index contributed by atoms with van der Waals surface area (Å²) in [5.74, 6) is -2.27. The fraction of sp³-hybridized carbons (Fsp3) is 0.429. The number of nitrogens with zero attached hydrogens (tertiary/aromatic N) is 6. The minimum atomic E-state index is -0.833. The van der Waals surface area contributed by atoms with E-state index in [9.17, 15) is 4.39 Å². The van der Waals surface area contributed by atoms with Gasteiger partial charge >= 0.3 is 0 Å². The van der Waals surface area contributed by atoms with Crippen LogP contribution in [0.1, 0.15) is 58.1 Å². The molecule has 2 fully saturated rings. The summed E-state index contributed by atoms with van der Waals surface area (Å²) in [6.45, 7) is 8.51. The zero-order valence-electron chi connectivity index (χ0n) is 28.9. The van der Waals surface area contributed by atoms with Crippen LogP contribution in [0.3, 0.4) is 0 Å². The third-order valence-electron chi connectivity index (χ3n) is 8.15. The predicted molar refractivity (Wildman–Crippen MR) is 189 cm³/mol. The third-order valence-corrected chi connectivity index (χ3v) is 8.15. The number of anilines is 2. The van der Waals surface area contributed by atoms with Gasteiger partial charge in [0.15, 0.2) is 5.65 Å². The van der Waals surface area contributed by atoms with E-state index in [1.165, 1.54) is 44.4 Å². The standard InChI is InChI=1S/C29H35FN8.3C2H4O2/c1-36-14-16-37(17-15-36)24-10-12-25(13-11-24)38-29-26(28(31)33-19-34-29)27(35-38)21-4-8-23(9-5-21)32-18-20-2-6-22(30)7-3-20;3*1-2(3)4/h2-9,19,24-25,32H,10-18H2,1H3,(H2,31,33,34);3*1H3,(H,3,4)/t24-,25+;;;. The fourth-order valence-corrected chi connectivity index (χ4v) is 5.86. The van der Waals surface area contributed by atoms with Crippen LogP contribution in [0.4, 0.5) is 15.9 Å². The Bertz CT molecular complexity index is 1640. The molecule has 6 rings (SSSR count). The molecule has 1 aliphatic heterocycles. The van der Waals surface area contributed by atoms with E-state index < -0.39 is 17.9 Å². The van der Waals surface area contributed by atoms with Crippen LogP contribution in [0.25, 0.3) is 22.3 Å². The molecule has 6 N–H and O–H groups in total. The van der Waals surface area contributed by atoms with Gasteiger partial charge in [-0.15, -0.1) is 0 Å². The summed E-state index contributed by atoms with van der Waals surface area (Å²) < 4.78 is 15.3. The number of nitrogens with one attached hydrogen (secondary N) is 1. The highest BCUT2D eigenvalue weighted by Gasteiger charge is 2.30. The highest BCUT2D eigenvalue weighted by molar-refractivity contribution is 5.98. The molecule has 4 aromatic rings. The average molecular weight is 695 g/mol. The van der Waals surface area contributed by atoms with Gasteiger partial charge in [0, 0.05) is 70.8 Å². The molecular weight excluding hydrogens is 647 g/mol. The second kappa shape index (κ2) is 19.1. The molecule has 1 saturated carbocycles. The monoisotopic (exact) mass is 694 g/mol. The first kappa shape index (κ1) is 39.3. The number of hydrogen-bond acceptors (Lipinski definition) is 10. The molecule has 0 radical (unpaired) electrons. The maximum atomic E-state index is 13.2. The minimum Gasteiger partial charge on any atom is -0.481 e. The Morgan fingerprint density at radius 2 is 1.34 bits per heavy atom. The van der Waals surface area contributed by atoms with Crippen molar-refractivity contribution in [2.75, 3.05) is 44.3 Å². The van der Waals surface area contributed by atoms with Gasteiger partial charge in [-0.3, -0.25) is 19.3 Å². The topological polar surface area (TPSA) is 200 Å². The normalized spacial score (nSPS) is 17.5. The zero-order chi connectivity index (χ0) is 36.8. The summed E-state index contributed by atoms with van der Waals surface area (Å²) in [6.07, 6.45) is 6.07. The van der Waals surface area contributed by atoms with Crippen LogP contribution in [0, 0.1) is 5.82 Å². The molecule has 15 heteroatoms. The molecule has 3 heterocycles. The molecule has 2 aromatic heterocycles. The number of aliphatic carboxylic acids is 3. The van der Waals surface area contributed by atoms with Gasteiger partial charge in [0.1, 0.15) is 23.7 Å². The minimum absolute atomic E-state index is 0.226. The van der Waals surface area contributed by atoms with Crippen LogP contribution in [-0.2, 0) is 20.9 Å². The number of nitrogens with two attached hydrogens (primary N) is 1. The second-order valence-corrected chi connectivity index (χ2v) is 12.2. The van der Waals surface area contributed by atoms with E-state index in [0.29, 0.717) is 24.4 Å². The van der Waals surface area contributed by atoms with Crippen LogP contribution >= 0.6 is 0 Å². The van der Waals surface area contributed by atoms with E-state index in [0.717, 1.165) is 80.2 Å². The van der Waals surface area contributed by atoms with Crippen LogP contribution in [0.2, 0.25) is 0 Å². The van der Waals surface area contributed by atoms with Gasteiger partial charge in [-0.2, -0.15) is 5.10 Å². The van der Waals surface area contributed by atoms with Crippen molar-refractivity contribution < 1.29 is 34.1 Å². The number of piperazine rings is 1. The maximum absolute atomic E-state index is 13.2. The Balaban J connectivity index is 0.000000491. The highest BCUT2D eigenvalue weighted by Crippen LogP contribution is 2.37. The maximum Gasteiger partial charge on any atom is 0.300 e. The lowest BCUT2D eigenvalue weighted by molar-refractivity contribution is -0.135. The molecule has 1 saturated heterocycles. The van der Waals surface area contributed by atoms with Crippen LogP contribution in [0.15, 0.2) is 54.9 Å². The number of likely N-dealkylation sites (N-methyl/N-ethyl adjacent to an activating group) is 1. The fourth-order valence-electron chi connectivity index (χ4n) is 5.86. The largest absolute Gasteiger partial charge is 0.481 e. The molecule has 0 spiro atoms. The van der Waals surface area contributed by atoms with Gasteiger partial charge in [0.05, 0.1) is 11.4 Å². The number of hydrogen-bond donors (Lipinski definition) is 5. The van der Waals surface area contributed by atoms with Crippen LogP contribution in [0.5, 0.6) is 0 Å². The second-order valence-electron chi connectivity index (χ2n) is 12.2. The van der Waals surface area contributed by atoms with Gasteiger partial charge in [-0.25, -0.2) is 19.0 Å². The third kappa shape index (κ3) is 12.4. The van der Waals surface area contributed by atoms with Gasteiger partial charge in [-0.1, -0.05) is 24.3 Å². The zero-order valence-corrected chi connectivity index (χ0v) is 28.9. The lowest BCUT2D eigenvalue weighted by Crippen LogP contribution is -2.49. The molecule has 1 aliphatic carbocycles. The molecule has 270 valence electrons. The SMILES string of the molecule is CC(=O)O.CC(=O)O.CC(=O)O.CN1CCN([C@H]2CC[C@@H](n3nc(-c4ccc(NCc5ccc(F)cc5)cc4)c4c(N)ncnc43)CC2)CC1. The quantitative estimate of drug-likeness (QED) is 0.184. The van der Waals surface area contributed by atoms with Crippen molar-refractivity contribution in [3.05, 3.63) is 66.2 Å². The van der Waals surface area contributed by atoms with Crippen molar-refractivity contribution in [3.63, 3.8) is 0 Å². The van der Waals surface area contributed by atoms with Crippen LogP contribution in [-0.4, -0.2) is 102 Å².